The van der Waals surface area contributed by atoms with Crippen LogP contribution in [0.4, 0.5) is 13.2 Å². The summed E-state index contributed by atoms with van der Waals surface area (Å²) >= 11 is 1.24. The molecular weight excluding hydrogens is 298 g/mol. The number of halogens is 4. The fourth-order valence-corrected chi connectivity index (χ4v) is 1.41. The molecule has 0 bridgehead atoms. The van der Waals surface area contributed by atoms with Crippen LogP contribution in [0.5, 0.6) is 0 Å². The Hall–Kier alpha value is -0.370. The summed E-state index contributed by atoms with van der Waals surface area (Å²) in [5.74, 6) is 0. The lowest BCUT2D eigenvalue weighted by molar-refractivity contribution is -0.189. The molecule has 0 aromatic carbocycles. The maximum absolute atomic E-state index is 12.3. The second kappa shape index (κ2) is 4.23. The van der Waals surface area contributed by atoms with E-state index in [2.05, 4.69) is 8.05 Å². The largest absolute Gasteiger partial charge is 0.419 e. The van der Waals surface area contributed by atoms with Gasteiger partial charge in [-0.15, -0.1) is 0 Å². The average Bonchev–Trinajstić information content (AvgIpc) is 2.05. The minimum Gasteiger partial charge on any atom is -0.298 e. The number of hydrogen-bond donors (Lipinski definition) is 0. The number of rotatable bonds is 2. The van der Waals surface area contributed by atoms with Gasteiger partial charge in [0.1, 0.15) is 23.0 Å². The van der Waals surface area contributed by atoms with Crippen molar-refractivity contribution in [2.45, 2.75) is 12.3 Å². The predicted molar refractivity (Wildman–Crippen MR) is 48.1 cm³/mol. The lowest BCUT2D eigenvalue weighted by Gasteiger charge is -2.16. The lowest BCUT2D eigenvalue weighted by Crippen LogP contribution is -2.20. The Morgan fingerprint density at radius 2 is 1.85 bits per heavy atom. The summed E-state index contributed by atoms with van der Waals surface area (Å²) < 4.78 is 41.1. The molecule has 0 radical (unpaired) electrons. The fraction of sp³-hybridized carbons (Fsp3) is 0.286. The van der Waals surface area contributed by atoms with Crippen LogP contribution in [0.3, 0.4) is 0 Å². The zero-order valence-electron chi connectivity index (χ0n) is 6.25. The van der Waals surface area contributed by atoms with Crippen molar-refractivity contribution in [3.8, 4) is 0 Å². The van der Waals surface area contributed by atoms with E-state index in [1.807, 2.05) is 0 Å². The van der Waals surface area contributed by atoms with Crippen LogP contribution in [0.15, 0.2) is 24.5 Å². The zero-order valence-corrected chi connectivity index (χ0v) is 8.41. The second-order valence-electron chi connectivity index (χ2n) is 2.29. The maximum Gasteiger partial charge on any atom is 0.419 e. The van der Waals surface area contributed by atoms with E-state index in [0.29, 0.717) is 0 Å². The molecule has 1 atom stereocenters. The maximum atomic E-state index is 12.3. The molecule has 0 saturated carbocycles. The molecule has 0 aliphatic rings. The molecule has 2 nitrogen and oxygen atoms in total. The first kappa shape index (κ1) is 10.7. The number of hydrogen-bond acceptors (Lipinski definition) is 2. The molecule has 0 aliphatic carbocycles. The third-order valence-corrected chi connectivity index (χ3v) is 1.90. The Bertz CT molecular complexity index is 264. The van der Waals surface area contributed by atoms with Gasteiger partial charge in [-0.2, -0.15) is 13.2 Å². The van der Waals surface area contributed by atoms with Gasteiger partial charge < -0.3 is 0 Å². The lowest BCUT2D eigenvalue weighted by atomic mass is 10.1. The van der Waals surface area contributed by atoms with Crippen molar-refractivity contribution in [3.63, 3.8) is 0 Å². The summed E-state index contributed by atoms with van der Waals surface area (Å²) in [5, 5.41) is 0. The van der Waals surface area contributed by atoms with Crippen molar-refractivity contribution < 1.29 is 16.2 Å². The van der Waals surface area contributed by atoms with Crippen molar-refractivity contribution >= 4 is 23.0 Å². The van der Waals surface area contributed by atoms with Gasteiger partial charge in [0.05, 0.1) is 0 Å². The molecule has 13 heavy (non-hydrogen) atoms. The van der Waals surface area contributed by atoms with E-state index in [4.69, 9.17) is 0 Å². The first-order valence-corrected chi connectivity index (χ1v) is 4.18. The van der Waals surface area contributed by atoms with E-state index < -0.39 is 12.3 Å². The van der Waals surface area contributed by atoms with Crippen molar-refractivity contribution in [2.24, 2.45) is 0 Å². The topological polar surface area (TPSA) is 22.1 Å². The highest BCUT2D eigenvalue weighted by atomic mass is 127. The number of alkyl halides is 3. The SMILES string of the molecule is FC(F)(F)C(OI)c1ccncc1. The van der Waals surface area contributed by atoms with Gasteiger partial charge in [0.15, 0.2) is 6.10 Å². The van der Waals surface area contributed by atoms with Gasteiger partial charge in [0, 0.05) is 12.4 Å². The summed E-state index contributed by atoms with van der Waals surface area (Å²) in [5.41, 5.74) is 0.0527. The molecule has 72 valence electrons. The van der Waals surface area contributed by atoms with Crippen molar-refractivity contribution in [1.29, 1.82) is 0 Å². The summed E-state index contributed by atoms with van der Waals surface area (Å²) in [6.07, 6.45) is -3.67. The summed E-state index contributed by atoms with van der Waals surface area (Å²) in [7, 11) is 0. The second-order valence-corrected chi connectivity index (χ2v) is 2.80. The minimum absolute atomic E-state index is 0.0527. The molecule has 0 saturated heterocycles. The Morgan fingerprint density at radius 1 is 1.31 bits per heavy atom. The highest BCUT2D eigenvalue weighted by molar-refractivity contribution is 14.1. The summed E-state index contributed by atoms with van der Waals surface area (Å²) in [6, 6.07) is 2.55. The van der Waals surface area contributed by atoms with Crippen LogP contribution >= 0.6 is 23.0 Å². The van der Waals surface area contributed by atoms with Crippen LogP contribution in [0, 0.1) is 0 Å². The predicted octanol–water partition coefficient (Wildman–Crippen LogP) is 3.05. The van der Waals surface area contributed by atoms with Crippen LogP contribution in [0.2, 0.25) is 0 Å². The Balaban J connectivity index is 2.92. The monoisotopic (exact) mass is 303 g/mol. The molecule has 0 fully saturated rings. The molecular formula is C7H5F3INO. The van der Waals surface area contributed by atoms with Crippen molar-refractivity contribution in [2.75, 3.05) is 0 Å². The molecule has 1 aromatic heterocycles. The molecule has 1 heterocycles. The quantitative estimate of drug-likeness (QED) is 0.783. The molecule has 0 N–H and O–H groups in total. The molecule has 1 unspecified atom stereocenters. The van der Waals surface area contributed by atoms with Gasteiger partial charge in [-0.05, 0) is 17.7 Å². The standard InChI is InChI=1S/C7H5F3INO/c8-7(9,10)6(13-11)5-1-3-12-4-2-5/h1-4,6H. The van der Waals surface area contributed by atoms with Gasteiger partial charge in [-0.3, -0.25) is 8.05 Å². The van der Waals surface area contributed by atoms with Crippen LogP contribution in [-0.4, -0.2) is 11.2 Å². The normalized spacial score (nSPS) is 14.2. The number of pyridine rings is 1. The first-order chi connectivity index (χ1) is 6.05. The molecule has 1 aromatic rings. The Kier molecular flexibility index (Phi) is 3.48. The molecule has 0 aliphatic heterocycles. The molecule has 0 spiro atoms. The smallest absolute Gasteiger partial charge is 0.298 e. The number of aromatic nitrogens is 1. The van der Waals surface area contributed by atoms with Crippen LogP contribution in [-0.2, 0) is 3.07 Å². The van der Waals surface area contributed by atoms with E-state index in [1.165, 1.54) is 47.5 Å². The van der Waals surface area contributed by atoms with Gasteiger partial charge in [0.2, 0.25) is 0 Å². The van der Waals surface area contributed by atoms with Crippen LogP contribution in [0.1, 0.15) is 11.7 Å². The third kappa shape index (κ3) is 2.80. The Morgan fingerprint density at radius 3 is 2.23 bits per heavy atom. The van der Waals surface area contributed by atoms with E-state index in [1.54, 1.807) is 0 Å². The van der Waals surface area contributed by atoms with Crippen LogP contribution < -0.4 is 0 Å². The van der Waals surface area contributed by atoms with Crippen molar-refractivity contribution in [1.82, 2.24) is 4.98 Å². The molecule has 1 rings (SSSR count). The third-order valence-electron chi connectivity index (χ3n) is 1.40. The highest BCUT2D eigenvalue weighted by Crippen LogP contribution is 2.36. The molecule has 0 amide bonds. The number of nitrogens with zero attached hydrogens (tertiary/aromatic N) is 1. The van der Waals surface area contributed by atoms with Gasteiger partial charge in [-0.1, -0.05) is 0 Å². The van der Waals surface area contributed by atoms with E-state index >= 15 is 0 Å². The first-order valence-electron chi connectivity index (χ1n) is 3.29. The van der Waals surface area contributed by atoms with Crippen molar-refractivity contribution in [3.05, 3.63) is 30.1 Å². The van der Waals surface area contributed by atoms with E-state index in [-0.39, 0.29) is 5.56 Å². The fourth-order valence-electron chi connectivity index (χ4n) is 0.829. The zero-order chi connectivity index (χ0) is 9.90. The molecule has 6 heteroatoms. The van der Waals surface area contributed by atoms with Gasteiger partial charge in [-0.25, -0.2) is 0 Å². The summed E-state index contributed by atoms with van der Waals surface area (Å²) in [6.45, 7) is 0. The van der Waals surface area contributed by atoms with E-state index in [9.17, 15) is 13.2 Å². The highest BCUT2D eigenvalue weighted by Gasteiger charge is 2.41. The Labute approximate surface area is 86.8 Å². The average molecular weight is 303 g/mol. The van der Waals surface area contributed by atoms with Crippen LogP contribution in [0.25, 0.3) is 0 Å². The van der Waals surface area contributed by atoms with Gasteiger partial charge in [0.25, 0.3) is 0 Å². The summed E-state index contributed by atoms with van der Waals surface area (Å²) in [4.78, 5) is 3.62. The van der Waals surface area contributed by atoms with Gasteiger partial charge >= 0.3 is 6.18 Å². The van der Waals surface area contributed by atoms with E-state index in [0.717, 1.165) is 0 Å². The minimum atomic E-state index is -4.39.